The molecule has 0 saturated heterocycles. The lowest BCUT2D eigenvalue weighted by Crippen LogP contribution is -2.32. The van der Waals surface area contributed by atoms with Crippen LogP contribution in [0, 0.1) is 0 Å². The summed E-state index contributed by atoms with van der Waals surface area (Å²) in [4.78, 5) is 38.6. The fourth-order valence-electron chi connectivity index (χ4n) is 3.46. The van der Waals surface area contributed by atoms with E-state index in [0.29, 0.717) is 24.2 Å². The minimum absolute atomic E-state index is 0.146. The van der Waals surface area contributed by atoms with Crippen LogP contribution in [0.25, 0.3) is 0 Å². The maximum Gasteiger partial charge on any atom is 0.261 e. The number of amides is 3. The van der Waals surface area contributed by atoms with Crippen LogP contribution in [0.1, 0.15) is 49.1 Å². The Morgan fingerprint density at radius 3 is 2.78 bits per heavy atom. The van der Waals surface area contributed by atoms with Crippen molar-refractivity contribution >= 4 is 17.7 Å². The Bertz CT molecular complexity index is 966. The Morgan fingerprint density at radius 1 is 1.19 bits per heavy atom. The van der Waals surface area contributed by atoms with Gasteiger partial charge in [-0.2, -0.15) is 0 Å². The van der Waals surface area contributed by atoms with Crippen LogP contribution in [-0.2, 0) is 0 Å². The molecule has 27 heavy (non-hydrogen) atoms. The number of ether oxygens (including phenoxy) is 1. The van der Waals surface area contributed by atoms with Gasteiger partial charge in [-0.3, -0.25) is 19.3 Å². The van der Waals surface area contributed by atoms with Crippen molar-refractivity contribution in [3.8, 4) is 5.75 Å². The average Bonchev–Trinajstić information content (AvgIpc) is 2.93. The number of nitrogens with one attached hydrogen (secondary N) is 1. The average molecular weight is 362 g/mol. The van der Waals surface area contributed by atoms with Crippen LogP contribution in [0.3, 0.4) is 0 Å². The van der Waals surface area contributed by atoms with E-state index in [1.165, 1.54) is 18.2 Å². The van der Waals surface area contributed by atoms with Crippen molar-refractivity contribution < 1.29 is 19.1 Å². The zero-order valence-corrected chi connectivity index (χ0v) is 14.6. The molecular formula is C21H18N2O4. The fraction of sp³-hybridized carbons (Fsp3) is 0.190. The molecule has 0 saturated carbocycles. The normalized spacial score (nSPS) is 17.8. The van der Waals surface area contributed by atoms with E-state index in [1.807, 2.05) is 24.3 Å². The topological polar surface area (TPSA) is 75.7 Å². The highest BCUT2D eigenvalue weighted by molar-refractivity contribution is 6.22. The van der Waals surface area contributed by atoms with Gasteiger partial charge in [-0.05, 0) is 24.3 Å². The molecule has 0 aromatic heterocycles. The number of carbonyl (C=O) groups is 3. The predicted molar refractivity (Wildman–Crippen MR) is 98.8 cm³/mol. The number of hydrogen-bond donors (Lipinski definition) is 1. The Morgan fingerprint density at radius 2 is 1.96 bits per heavy atom. The molecule has 136 valence electrons. The smallest absolute Gasteiger partial charge is 0.261 e. The highest BCUT2D eigenvalue weighted by atomic mass is 16.5. The maximum atomic E-state index is 12.7. The molecule has 2 aromatic rings. The quantitative estimate of drug-likeness (QED) is 0.670. The van der Waals surface area contributed by atoms with Gasteiger partial charge in [-0.15, -0.1) is 6.58 Å². The molecule has 0 aliphatic carbocycles. The molecule has 1 N–H and O–H groups in total. The van der Waals surface area contributed by atoms with Crippen LogP contribution in [0.2, 0.25) is 0 Å². The Balaban J connectivity index is 1.58. The molecule has 0 unspecified atom stereocenters. The van der Waals surface area contributed by atoms with Gasteiger partial charge in [-0.1, -0.05) is 24.3 Å². The summed E-state index contributed by atoms with van der Waals surface area (Å²) >= 11 is 0. The summed E-state index contributed by atoms with van der Waals surface area (Å²) in [7, 11) is 0. The van der Waals surface area contributed by atoms with Crippen molar-refractivity contribution in [2.45, 2.75) is 12.5 Å². The van der Waals surface area contributed by atoms with Crippen LogP contribution in [0.15, 0.2) is 55.1 Å². The number of imide groups is 1. The number of hydrogen-bond acceptors (Lipinski definition) is 4. The van der Waals surface area contributed by atoms with Crippen molar-refractivity contribution in [3.05, 3.63) is 77.4 Å². The molecule has 2 aliphatic rings. The molecule has 1 atom stereocenters. The van der Waals surface area contributed by atoms with Gasteiger partial charge in [0.1, 0.15) is 5.75 Å². The first-order valence-electron chi connectivity index (χ1n) is 8.74. The van der Waals surface area contributed by atoms with Gasteiger partial charge in [0.25, 0.3) is 17.7 Å². The highest BCUT2D eigenvalue weighted by Crippen LogP contribution is 2.32. The van der Waals surface area contributed by atoms with Crippen molar-refractivity contribution in [3.63, 3.8) is 0 Å². The maximum absolute atomic E-state index is 12.7. The van der Waals surface area contributed by atoms with Crippen LogP contribution in [0.4, 0.5) is 0 Å². The third kappa shape index (κ3) is 2.89. The van der Waals surface area contributed by atoms with E-state index >= 15 is 0 Å². The SMILES string of the molecule is C=CCN1C(=O)c2ccc(C(=O)N[C@H]3CCOc4ccccc43)cc2C1=O. The lowest BCUT2D eigenvalue weighted by atomic mass is 9.99. The number of para-hydroxylation sites is 1. The molecule has 2 aromatic carbocycles. The van der Waals surface area contributed by atoms with Gasteiger partial charge < -0.3 is 10.1 Å². The summed E-state index contributed by atoms with van der Waals surface area (Å²) in [5.74, 6) is -0.285. The third-order valence-corrected chi connectivity index (χ3v) is 4.81. The molecule has 4 rings (SSSR count). The highest BCUT2D eigenvalue weighted by Gasteiger charge is 2.35. The third-order valence-electron chi connectivity index (χ3n) is 4.81. The van der Waals surface area contributed by atoms with Crippen LogP contribution < -0.4 is 10.1 Å². The number of nitrogens with zero attached hydrogens (tertiary/aromatic N) is 1. The van der Waals surface area contributed by atoms with Gasteiger partial charge in [0.2, 0.25) is 0 Å². The first kappa shape index (κ1) is 17.0. The molecule has 3 amide bonds. The van der Waals surface area contributed by atoms with E-state index in [0.717, 1.165) is 16.2 Å². The van der Waals surface area contributed by atoms with Crippen LogP contribution in [-0.4, -0.2) is 35.8 Å². The lowest BCUT2D eigenvalue weighted by Gasteiger charge is -2.26. The summed E-state index contributed by atoms with van der Waals surface area (Å²) in [6, 6.07) is 12.0. The van der Waals surface area contributed by atoms with Crippen molar-refractivity contribution in [2.75, 3.05) is 13.2 Å². The minimum atomic E-state index is -0.402. The Labute approximate surface area is 156 Å². The summed E-state index contributed by atoms with van der Waals surface area (Å²) in [6.07, 6.45) is 2.16. The first-order chi connectivity index (χ1) is 13.1. The molecule has 0 spiro atoms. The standard InChI is InChI=1S/C21H18N2O4/c1-2-10-23-20(25)14-8-7-13(12-16(14)21(23)26)19(24)22-17-9-11-27-18-6-4-3-5-15(17)18/h2-8,12,17H,1,9-11H2,(H,22,24)/t17-/m0/s1. The van der Waals surface area contributed by atoms with E-state index in [1.54, 1.807) is 6.07 Å². The van der Waals surface area contributed by atoms with Crippen molar-refractivity contribution in [1.29, 1.82) is 0 Å². The zero-order chi connectivity index (χ0) is 19.0. The largest absolute Gasteiger partial charge is 0.493 e. The van der Waals surface area contributed by atoms with Gasteiger partial charge in [0.05, 0.1) is 23.8 Å². The second-order valence-electron chi connectivity index (χ2n) is 6.47. The molecule has 0 fully saturated rings. The number of fused-ring (bicyclic) bond motifs is 2. The van der Waals surface area contributed by atoms with E-state index in [9.17, 15) is 14.4 Å². The van der Waals surface area contributed by atoms with E-state index in [-0.39, 0.29) is 30.0 Å². The molecule has 0 radical (unpaired) electrons. The summed E-state index contributed by atoms with van der Waals surface area (Å²) in [5, 5.41) is 3.00. The van der Waals surface area contributed by atoms with Crippen molar-refractivity contribution in [2.24, 2.45) is 0 Å². The van der Waals surface area contributed by atoms with Crippen LogP contribution >= 0.6 is 0 Å². The molecule has 6 nitrogen and oxygen atoms in total. The fourth-order valence-corrected chi connectivity index (χ4v) is 3.46. The number of carbonyl (C=O) groups excluding carboxylic acids is 3. The summed E-state index contributed by atoms with van der Waals surface area (Å²) in [5.41, 5.74) is 1.85. The number of benzene rings is 2. The second kappa shape index (κ2) is 6.72. The second-order valence-corrected chi connectivity index (χ2v) is 6.47. The Kier molecular flexibility index (Phi) is 4.24. The molecule has 2 aliphatic heterocycles. The summed E-state index contributed by atoms with van der Waals surface area (Å²) < 4.78 is 5.62. The van der Waals surface area contributed by atoms with Crippen molar-refractivity contribution in [1.82, 2.24) is 10.2 Å². The van der Waals surface area contributed by atoms with E-state index < -0.39 is 5.91 Å². The predicted octanol–water partition coefficient (Wildman–Crippen LogP) is 2.72. The van der Waals surface area contributed by atoms with E-state index in [2.05, 4.69) is 11.9 Å². The van der Waals surface area contributed by atoms with Gasteiger partial charge in [-0.25, -0.2) is 0 Å². The van der Waals surface area contributed by atoms with Gasteiger partial charge in [0.15, 0.2) is 0 Å². The minimum Gasteiger partial charge on any atom is -0.493 e. The number of rotatable bonds is 4. The lowest BCUT2D eigenvalue weighted by molar-refractivity contribution is 0.0672. The molecule has 6 heteroatoms. The summed E-state index contributed by atoms with van der Waals surface area (Å²) in [6.45, 7) is 4.23. The van der Waals surface area contributed by atoms with Gasteiger partial charge in [0, 0.05) is 24.1 Å². The van der Waals surface area contributed by atoms with Gasteiger partial charge >= 0.3 is 0 Å². The first-order valence-corrected chi connectivity index (χ1v) is 8.74. The molecule has 2 heterocycles. The molecular weight excluding hydrogens is 344 g/mol. The van der Waals surface area contributed by atoms with Crippen LogP contribution in [0.5, 0.6) is 5.75 Å². The molecule has 0 bridgehead atoms. The zero-order valence-electron chi connectivity index (χ0n) is 14.6. The Hall–Kier alpha value is -3.41. The monoisotopic (exact) mass is 362 g/mol. The van der Waals surface area contributed by atoms with E-state index in [4.69, 9.17) is 4.74 Å².